The molecule has 1 fully saturated rings. The highest BCUT2D eigenvalue weighted by molar-refractivity contribution is 7.99. The SMILES string of the molecule is Cc1ccccc1-c1nnc(SCC(=O)c2cccc(N3CCCC3=O)c2)o1. The second kappa shape index (κ2) is 7.98. The van der Waals surface area contributed by atoms with Gasteiger partial charge in [0.15, 0.2) is 5.78 Å². The molecular weight excluding hydrogens is 374 g/mol. The number of hydrogen-bond acceptors (Lipinski definition) is 6. The van der Waals surface area contributed by atoms with Crippen molar-refractivity contribution in [2.24, 2.45) is 0 Å². The first-order chi connectivity index (χ1) is 13.6. The van der Waals surface area contributed by atoms with Gasteiger partial charge in [-0.2, -0.15) is 0 Å². The summed E-state index contributed by atoms with van der Waals surface area (Å²) in [5.74, 6) is 0.692. The fourth-order valence-corrected chi connectivity index (χ4v) is 3.83. The van der Waals surface area contributed by atoms with E-state index in [1.54, 1.807) is 17.0 Å². The molecule has 1 aliphatic heterocycles. The van der Waals surface area contributed by atoms with Crippen LogP contribution >= 0.6 is 11.8 Å². The van der Waals surface area contributed by atoms with Gasteiger partial charge in [0.1, 0.15) is 0 Å². The Morgan fingerprint density at radius 2 is 2.04 bits per heavy atom. The molecule has 1 aliphatic rings. The number of rotatable bonds is 6. The van der Waals surface area contributed by atoms with Crippen molar-refractivity contribution in [1.82, 2.24) is 10.2 Å². The summed E-state index contributed by atoms with van der Waals surface area (Å²) in [6, 6.07) is 15.0. The maximum Gasteiger partial charge on any atom is 0.277 e. The fourth-order valence-electron chi connectivity index (χ4n) is 3.17. The minimum absolute atomic E-state index is 0.0471. The van der Waals surface area contributed by atoms with E-state index in [9.17, 15) is 9.59 Å². The predicted molar refractivity (Wildman–Crippen MR) is 108 cm³/mol. The van der Waals surface area contributed by atoms with Crippen molar-refractivity contribution in [1.29, 1.82) is 0 Å². The molecule has 28 heavy (non-hydrogen) atoms. The Balaban J connectivity index is 1.43. The first kappa shape index (κ1) is 18.4. The van der Waals surface area contributed by atoms with Crippen LogP contribution in [0.4, 0.5) is 5.69 Å². The Bertz CT molecular complexity index is 1030. The summed E-state index contributed by atoms with van der Waals surface area (Å²) >= 11 is 1.21. The molecule has 0 radical (unpaired) electrons. The number of amides is 1. The number of carbonyl (C=O) groups excluding carboxylic acids is 2. The minimum Gasteiger partial charge on any atom is -0.411 e. The van der Waals surface area contributed by atoms with Crippen LogP contribution in [0.5, 0.6) is 0 Å². The van der Waals surface area contributed by atoms with Crippen molar-refractivity contribution < 1.29 is 14.0 Å². The zero-order valence-corrected chi connectivity index (χ0v) is 16.2. The lowest BCUT2D eigenvalue weighted by Crippen LogP contribution is -2.23. The van der Waals surface area contributed by atoms with E-state index in [1.807, 2.05) is 43.3 Å². The molecule has 3 aromatic rings. The Hall–Kier alpha value is -2.93. The van der Waals surface area contributed by atoms with Crippen molar-refractivity contribution in [3.63, 3.8) is 0 Å². The van der Waals surface area contributed by atoms with Crippen LogP contribution in [0.15, 0.2) is 58.2 Å². The van der Waals surface area contributed by atoms with Crippen molar-refractivity contribution in [3.8, 4) is 11.5 Å². The summed E-state index contributed by atoms with van der Waals surface area (Å²) in [6.45, 7) is 2.68. The van der Waals surface area contributed by atoms with E-state index in [-0.39, 0.29) is 17.4 Å². The van der Waals surface area contributed by atoms with Crippen LogP contribution in [-0.2, 0) is 4.79 Å². The van der Waals surface area contributed by atoms with E-state index in [0.717, 1.165) is 23.2 Å². The van der Waals surface area contributed by atoms with Gasteiger partial charge in [-0.1, -0.05) is 42.1 Å². The van der Waals surface area contributed by atoms with Crippen LogP contribution in [0.3, 0.4) is 0 Å². The number of anilines is 1. The van der Waals surface area contributed by atoms with Crippen molar-refractivity contribution in [2.45, 2.75) is 25.0 Å². The molecule has 1 aromatic heterocycles. The molecule has 1 saturated heterocycles. The monoisotopic (exact) mass is 393 g/mol. The van der Waals surface area contributed by atoms with Gasteiger partial charge in [-0.15, -0.1) is 10.2 Å². The molecule has 142 valence electrons. The van der Waals surface area contributed by atoms with Gasteiger partial charge in [-0.25, -0.2) is 0 Å². The molecule has 2 heterocycles. The van der Waals surface area contributed by atoms with Crippen LogP contribution < -0.4 is 4.90 Å². The smallest absolute Gasteiger partial charge is 0.277 e. The first-order valence-corrected chi connectivity index (χ1v) is 10.1. The average Bonchev–Trinajstić information content (AvgIpc) is 3.35. The molecule has 7 heteroatoms. The number of ketones is 1. The van der Waals surface area contributed by atoms with E-state index in [2.05, 4.69) is 10.2 Å². The lowest BCUT2D eigenvalue weighted by Gasteiger charge is -2.16. The zero-order chi connectivity index (χ0) is 19.5. The van der Waals surface area contributed by atoms with Gasteiger partial charge in [0.25, 0.3) is 5.22 Å². The molecule has 0 unspecified atom stereocenters. The Morgan fingerprint density at radius 1 is 1.18 bits per heavy atom. The second-order valence-corrected chi connectivity index (χ2v) is 7.53. The molecule has 0 bridgehead atoms. The molecular formula is C21H19N3O3S. The quantitative estimate of drug-likeness (QED) is 0.463. The fraction of sp³-hybridized carbons (Fsp3) is 0.238. The normalized spacial score (nSPS) is 13.9. The summed E-state index contributed by atoms with van der Waals surface area (Å²) < 4.78 is 5.69. The van der Waals surface area contributed by atoms with Crippen molar-refractivity contribution in [3.05, 3.63) is 59.7 Å². The summed E-state index contributed by atoms with van der Waals surface area (Å²) in [7, 11) is 0. The third-order valence-corrected chi connectivity index (χ3v) is 5.48. The van der Waals surface area contributed by atoms with E-state index in [0.29, 0.717) is 29.6 Å². The molecule has 0 spiro atoms. The van der Waals surface area contributed by atoms with E-state index in [4.69, 9.17) is 4.42 Å². The van der Waals surface area contributed by atoms with Gasteiger partial charge in [-0.05, 0) is 37.1 Å². The molecule has 0 saturated carbocycles. The summed E-state index contributed by atoms with van der Waals surface area (Å²) in [5.41, 5.74) is 3.28. The van der Waals surface area contributed by atoms with E-state index < -0.39 is 0 Å². The molecule has 2 aromatic carbocycles. The van der Waals surface area contributed by atoms with Gasteiger partial charge in [0.05, 0.1) is 5.75 Å². The minimum atomic E-state index is -0.0471. The molecule has 6 nitrogen and oxygen atoms in total. The van der Waals surface area contributed by atoms with E-state index in [1.165, 1.54) is 11.8 Å². The van der Waals surface area contributed by atoms with Crippen molar-refractivity contribution >= 4 is 29.1 Å². The number of benzene rings is 2. The summed E-state index contributed by atoms with van der Waals surface area (Å²) in [4.78, 5) is 26.2. The first-order valence-electron chi connectivity index (χ1n) is 9.08. The van der Waals surface area contributed by atoms with Crippen LogP contribution in [0.2, 0.25) is 0 Å². The number of Topliss-reactive ketones (excluding diaryl/α,β-unsaturated/α-hetero) is 1. The van der Waals surface area contributed by atoms with Gasteiger partial charge in [0, 0.05) is 29.8 Å². The topological polar surface area (TPSA) is 76.3 Å². The number of hydrogen-bond donors (Lipinski definition) is 0. The van der Waals surface area contributed by atoms with Crippen LogP contribution in [-0.4, -0.2) is 34.2 Å². The molecule has 0 atom stereocenters. The number of aromatic nitrogens is 2. The van der Waals surface area contributed by atoms with Crippen LogP contribution in [0.1, 0.15) is 28.8 Å². The summed E-state index contributed by atoms with van der Waals surface area (Å²) in [5, 5.41) is 8.47. The predicted octanol–water partition coefficient (Wildman–Crippen LogP) is 4.15. The van der Waals surface area contributed by atoms with Gasteiger partial charge >= 0.3 is 0 Å². The number of nitrogens with zero attached hydrogens (tertiary/aromatic N) is 3. The maximum atomic E-state index is 12.6. The Kier molecular flexibility index (Phi) is 5.25. The van der Waals surface area contributed by atoms with Crippen LogP contribution in [0.25, 0.3) is 11.5 Å². The zero-order valence-electron chi connectivity index (χ0n) is 15.4. The maximum absolute atomic E-state index is 12.6. The average molecular weight is 393 g/mol. The molecule has 0 N–H and O–H groups in total. The Labute approximate surface area is 167 Å². The second-order valence-electron chi connectivity index (χ2n) is 6.60. The van der Waals surface area contributed by atoms with Gasteiger partial charge in [-0.3, -0.25) is 9.59 Å². The number of carbonyl (C=O) groups is 2. The van der Waals surface area contributed by atoms with Gasteiger partial charge in [0.2, 0.25) is 11.8 Å². The molecule has 0 aliphatic carbocycles. The van der Waals surface area contributed by atoms with E-state index >= 15 is 0 Å². The lowest BCUT2D eigenvalue weighted by molar-refractivity contribution is -0.117. The van der Waals surface area contributed by atoms with Crippen LogP contribution in [0, 0.1) is 6.92 Å². The Morgan fingerprint density at radius 3 is 2.82 bits per heavy atom. The third kappa shape index (κ3) is 3.84. The summed E-state index contributed by atoms with van der Waals surface area (Å²) in [6.07, 6.45) is 1.42. The van der Waals surface area contributed by atoms with Gasteiger partial charge < -0.3 is 9.32 Å². The highest BCUT2D eigenvalue weighted by atomic mass is 32.2. The largest absolute Gasteiger partial charge is 0.411 e. The number of thioether (sulfide) groups is 1. The number of aryl methyl sites for hydroxylation is 1. The standard InChI is InChI=1S/C21H19N3O3S/c1-14-6-2-3-9-17(14)20-22-23-21(27-20)28-13-18(25)15-7-4-8-16(12-15)24-11-5-10-19(24)26/h2-4,6-9,12H,5,10-11,13H2,1H3. The van der Waals surface area contributed by atoms with Crippen molar-refractivity contribution in [2.75, 3.05) is 17.2 Å². The highest BCUT2D eigenvalue weighted by Crippen LogP contribution is 2.27. The molecule has 4 rings (SSSR count). The highest BCUT2D eigenvalue weighted by Gasteiger charge is 2.22. The molecule has 1 amide bonds. The third-order valence-electron chi connectivity index (χ3n) is 4.66. The lowest BCUT2D eigenvalue weighted by atomic mass is 10.1.